The summed E-state index contributed by atoms with van der Waals surface area (Å²) in [4.78, 5) is 14.0. The Kier molecular flexibility index (Phi) is 3.87. The molecule has 0 spiro atoms. The molecular weight excluding hydrogens is 186 g/mol. The van der Waals surface area contributed by atoms with Crippen molar-refractivity contribution in [1.29, 1.82) is 0 Å². The van der Waals surface area contributed by atoms with E-state index in [0.717, 1.165) is 11.1 Å². The van der Waals surface area contributed by atoms with E-state index in [1.54, 1.807) is 12.1 Å². The molecule has 0 radical (unpaired) electrons. The third kappa shape index (κ3) is 3.40. The van der Waals surface area contributed by atoms with Crippen molar-refractivity contribution < 1.29 is 15.0 Å². The molecule has 0 saturated carbocycles. The van der Waals surface area contributed by atoms with Crippen LogP contribution in [0.3, 0.4) is 0 Å². The molecular formula is C9H11NO4. The maximum absolute atomic E-state index is 9.84. The van der Waals surface area contributed by atoms with Crippen LogP contribution in [0.2, 0.25) is 0 Å². The van der Waals surface area contributed by atoms with Crippen molar-refractivity contribution in [2.24, 2.45) is 0 Å². The van der Waals surface area contributed by atoms with Gasteiger partial charge in [-0.05, 0) is 17.5 Å². The number of aliphatic hydroxyl groups is 1. The minimum atomic E-state index is -0.803. The van der Waals surface area contributed by atoms with E-state index in [9.17, 15) is 10.1 Å². The van der Waals surface area contributed by atoms with Crippen molar-refractivity contribution in [3.8, 4) is 0 Å². The highest BCUT2D eigenvalue weighted by atomic mass is 16.9. The van der Waals surface area contributed by atoms with Gasteiger partial charge in [-0.1, -0.05) is 24.3 Å². The minimum Gasteiger partial charge on any atom is -0.392 e. The first-order valence-electron chi connectivity index (χ1n) is 4.18. The van der Waals surface area contributed by atoms with Gasteiger partial charge in [0.1, 0.15) is 6.61 Å². The smallest absolute Gasteiger partial charge is 0.294 e. The average molecular weight is 197 g/mol. The summed E-state index contributed by atoms with van der Waals surface area (Å²) in [5.74, 6) is 0. The van der Waals surface area contributed by atoms with Crippen LogP contribution in [-0.2, 0) is 17.9 Å². The van der Waals surface area contributed by atoms with Crippen molar-refractivity contribution >= 4 is 0 Å². The van der Waals surface area contributed by atoms with E-state index >= 15 is 0 Å². The highest BCUT2D eigenvalue weighted by molar-refractivity contribution is 5.21. The first-order chi connectivity index (χ1) is 6.72. The molecule has 0 heterocycles. The van der Waals surface area contributed by atoms with E-state index in [4.69, 9.17) is 5.11 Å². The molecule has 0 aliphatic heterocycles. The molecule has 0 bridgehead atoms. The molecule has 1 aromatic carbocycles. The van der Waals surface area contributed by atoms with Crippen LogP contribution in [0, 0.1) is 10.1 Å². The predicted molar refractivity (Wildman–Crippen MR) is 49.0 cm³/mol. The highest BCUT2D eigenvalue weighted by Gasteiger charge is 1.97. The Hall–Kier alpha value is -1.62. The van der Waals surface area contributed by atoms with E-state index < -0.39 is 5.09 Å². The molecule has 1 aromatic rings. The van der Waals surface area contributed by atoms with Gasteiger partial charge in [-0.3, -0.25) is 0 Å². The van der Waals surface area contributed by atoms with Crippen molar-refractivity contribution in [2.45, 2.75) is 13.0 Å². The van der Waals surface area contributed by atoms with Crippen molar-refractivity contribution in [2.75, 3.05) is 6.61 Å². The Morgan fingerprint density at radius 2 is 1.86 bits per heavy atom. The van der Waals surface area contributed by atoms with Crippen LogP contribution in [0.1, 0.15) is 11.1 Å². The molecule has 5 nitrogen and oxygen atoms in total. The lowest BCUT2D eigenvalue weighted by molar-refractivity contribution is -0.757. The van der Waals surface area contributed by atoms with Gasteiger partial charge in [0.2, 0.25) is 0 Å². The van der Waals surface area contributed by atoms with Gasteiger partial charge in [-0.2, -0.15) is 0 Å². The summed E-state index contributed by atoms with van der Waals surface area (Å²) in [5, 5.41) is 17.8. The van der Waals surface area contributed by atoms with Crippen LogP contribution in [0.25, 0.3) is 0 Å². The molecule has 0 aliphatic rings. The fourth-order valence-electron chi connectivity index (χ4n) is 1.05. The fraction of sp³-hybridized carbons (Fsp3) is 0.333. The number of aliphatic hydroxyl groups excluding tert-OH is 1. The van der Waals surface area contributed by atoms with Crippen LogP contribution in [0.5, 0.6) is 0 Å². The maximum Gasteiger partial charge on any atom is 0.294 e. The lowest BCUT2D eigenvalue weighted by Crippen LogP contribution is -2.04. The molecule has 1 rings (SSSR count). The number of hydrogen-bond acceptors (Lipinski definition) is 4. The highest BCUT2D eigenvalue weighted by Crippen LogP contribution is 2.05. The lowest BCUT2D eigenvalue weighted by atomic mass is 10.1. The van der Waals surface area contributed by atoms with Gasteiger partial charge in [-0.25, -0.2) is 0 Å². The van der Waals surface area contributed by atoms with E-state index in [0.29, 0.717) is 6.42 Å². The molecule has 0 fully saturated rings. The van der Waals surface area contributed by atoms with Crippen molar-refractivity contribution in [3.05, 3.63) is 45.5 Å². The Labute approximate surface area is 81.0 Å². The normalized spacial score (nSPS) is 9.79. The second kappa shape index (κ2) is 5.18. The average Bonchev–Trinajstić information content (AvgIpc) is 2.18. The van der Waals surface area contributed by atoms with E-state index in [1.165, 1.54) is 0 Å². The number of rotatable bonds is 5. The van der Waals surface area contributed by atoms with E-state index in [-0.39, 0.29) is 13.2 Å². The van der Waals surface area contributed by atoms with Gasteiger partial charge in [0.15, 0.2) is 0 Å². The monoisotopic (exact) mass is 197 g/mol. The van der Waals surface area contributed by atoms with Crippen molar-refractivity contribution in [1.82, 2.24) is 0 Å². The molecule has 1 N–H and O–H groups in total. The second-order valence-corrected chi connectivity index (χ2v) is 2.78. The topological polar surface area (TPSA) is 72.6 Å². The number of hydrogen-bond donors (Lipinski definition) is 1. The molecule has 0 atom stereocenters. The summed E-state index contributed by atoms with van der Waals surface area (Å²) in [6.45, 7) is 0.0666. The SMILES string of the molecule is O=[N+]([O-])OCCc1ccc(CO)cc1. The number of benzene rings is 1. The third-order valence-corrected chi connectivity index (χ3v) is 1.79. The molecule has 0 saturated heterocycles. The summed E-state index contributed by atoms with van der Waals surface area (Å²) in [7, 11) is 0. The van der Waals surface area contributed by atoms with Gasteiger partial charge >= 0.3 is 0 Å². The summed E-state index contributed by atoms with van der Waals surface area (Å²) < 4.78 is 0. The molecule has 0 aliphatic carbocycles. The summed E-state index contributed by atoms with van der Waals surface area (Å²) in [5.41, 5.74) is 1.77. The Morgan fingerprint density at radius 3 is 2.36 bits per heavy atom. The van der Waals surface area contributed by atoms with E-state index in [1.807, 2.05) is 12.1 Å². The second-order valence-electron chi connectivity index (χ2n) is 2.78. The van der Waals surface area contributed by atoms with Crippen LogP contribution in [0.15, 0.2) is 24.3 Å². The quantitative estimate of drug-likeness (QED) is 0.563. The van der Waals surface area contributed by atoms with Crippen molar-refractivity contribution in [3.63, 3.8) is 0 Å². The first-order valence-corrected chi connectivity index (χ1v) is 4.18. The summed E-state index contributed by atoms with van der Waals surface area (Å²) in [6, 6.07) is 7.19. The third-order valence-electron chi connectivity index (χ3n) is 1.79. The molecule has 0 aromatic heterocycles. The Bertz CT molecular complexity index is 296. The standard InChI is InChI=1S/C9H11NO4/c11-7-9-3-1-8(2-4-9)5-6-14-10(12)13/h1-4,11H,5-7H2. The van der Waals surface area contributed by atoms with Crippen LogP contribution in [0.4, 0.5) is 0 Å². The summed E-state index contributed by atoms with van der Waals surface area (Å²) >= 11 is 0. The summed E-state index contributed by atoms with van der Waals surface area (Å²) in [6.07, 6.45) is 0.493. The minimum absolute atomic E-state index is 0.00563. The van der Waals surface area contributed by atoms with Gasteiger partial charge in [-0.15, -0.1) is 10.1 Å². The Balaban J connectivity index is 2.40. The fourth-order valence-corrected chi connectivity index (χ4v) is 1.05. The van der Waals surface area contributed by atoms with Gasteiger partial charge in [0, 0.05) is 0 Å². The zero-order valence-corrected chi connectivity index (χ0v) is 7.55. The van der Waals surface area contributed by atoms with Crippen LogP contribution >= 0.6 is 0 Å². The van der Waals surface area contributed by atoms with Crippen LogP contribution < -0.4 is 0 Å². The van der Waals surface area contributed by atoms with Gasteiger partial charge in [0.25, 0.3) is 5.09 Å². The van der Waals surface area contributed by atoms with E-state index in [2.05, 4.69) is 4.84 Å². The van der Waals surface area contributed by atoms with Crippen LogP contribution in [-0.4, -0.2) is 16.8 Å². The largest absolute Gasteiger partial charge is 0.392 e. The predicted octanol–water partition coefficient (Wildman–Crippen LogP) is 0.930. The molecule has 0 unspecified atom stereocenters. The van der Waals surface area contributed by atoms with Gasteiger partial charge < -0.3 is 9.94 Å². The molecule has 0 amide bonds. The molecule has 14 heavy (non-hydrogen) atoms. The lowest BCUT2D eigenvalue weighted by Gasteiger charge is -2.01. The Morgan fingerprint density at radius 1 is 1.29 bits per heavy atom. The molecule has 5 heteroatoms. The van der Waals surface area contributed by atoms with Gasteiger partial charge in [0.05, 0.1) is 6.61 Å². The number of nitrogens with zero attached hydrogens (tertiary/aromatic N) is 1. The zero-order valence-electron chi connectivity index (χ0n) is 7.55. The first kappa shape index (κ1) is 10.5. The maximum atomic E-state index is 9.84. The zero-order chi connectivity index (χ0) is 10.4. The molecule has 76 valence electrons.